The quantitative estimate of drug-likeness (QED) is 0.847. The summed E-state index contributed by atoms with van der Waals surface area (Å²) in [5, 5.41) is 0. The van der Waals surface area contributed by atoms with Crippen LogP contribution < -0.4 is 0 Å². The maximum absolute atomic E-state index is 6.20. The molecule has 5 nitrogen and oxygen atoms in total. The first-order chi connectivity index (χ1) is 11.7. The van der Waals surface area contributed by atoms with Gasteiger partial charge in [0, 0.05) is 57.8 Å². The van der Waals surface area contributed by atoms with E-state index in [2.05, 4.69) is 16.8 Å². The molecule has 1 atom stereocenters. The number of aromatic nitrogens is 1. The van der Waals surface area contributed by atoms with Gasteiger partial charge < -0.3 is 14.2 Å². The summed E-state index contributed by atoms with van der Waals surface area (Å²) in [6, 6.07) is 2.73. The molecule has 1 spiro atoms. The van der Waals surface area contributed by atoms with Crippen molar-refractivity contribution in [2.75, 3.05) is 32.9 Å². The van der Waals surface area contributed by atoms with E-state index >= 15 is 0 Å². The van der Waals surface area contributed by atoms with Crippen LogP contribution in [0.1, 0.15) is 36.8 Å². The summed E-state index contributed by atoms with van der Waals surface area (Å²) in [5.74, 6) is 0. The van der Waals surface area contributed by atoms with Gasteiger partial charge in [-0.15, -0.1) is 0 Å². The van der Waals surface area contributed by atoms with Crippen LogP contribution in [0.5, 0.6) is 0 Å². The van der Waals surface area contributed by atoms with Crippen LogP contribution in [0.15, 0.2) is 18.5 Å². The second-order valence-corrected chi connectivity index (χ2v) is 7.51. The van der Waals surface area contributed by atoms with Crippen molar-refractivity contribution >= 4 is 0 Å². The minimum atomic E-state index is 0.0329. The zero-order chi connectivity index (χ0) is 16.4. The van der Waals surface area contributed by atoms with Crippen molar-refractivity contribution in [3.8, 4) is 0 Å². The summed E-state index contributed by atoms with van der Waals surface area (Å²) in [7, 11) is 0. The Bertz CT molecular complexity index is 553. The predicted octanol–water partition coefficient (Wildman–Crippen LogP) is 2.32. The van der Waals surface area contributed by atoms with Crippen molar-refractivity contribution in [3.05, 3.63) is 29.6 Å². The molecule has 3 fully saturated rings. The van der Waals surface area contributed by atoms with E-state index in [0.29, 0.717) is 18.8 Å². The molecule has 0 unspecified atom stereocenters. The molecule has 132 valence electrons. The monoisotopic (exact) mass is 332 g/mol. The summed E-state index contributed by atoms with van der Waals surface area (Å²) in [6.07, 6.45) is 8.40. The van der Waals surface area contributed by atoms with Crippen LogP contribution in [-0.4, -0.2) is 60.5 Å². The molecule has 24 heavy (non-hydrogen) atoms. The van der Waals surface area contributed by atoms with Gasteiger partial charge in [0.15, 0.2) is 0 Å². The fourth-order valence-corrected chi connectivity index (χ4v) is 4.20. The van der Waals surface area contributed by atoms with Crippen LogP contribution in [0, 0.1) is 6.92 Å². The number of pyridine rings is 1. The Morgan fingerprint density at radius 3 is 2.88 bits per heavy atom. The van der Waals surface area contributed by atoms with Crippen molar-refractivity contribution in [3.63, 3.8) is 0 Å². The molecule has 0 aromatic carbocycles. The summed E-state index contributed by atoms with van der Waals surface area (Å²) >= 11 is 0. The number of rotatable bonds is 4. The fourth-order valence-electron chi connectivity index (χ4n) is 4.20. The van der Waals surface area contributed by atoms with Gasteiger partial charge in [-0.1, -0.05) is 0 Å². The standard InChI is InChI=1S/C19H28N2O3/c1-15-2-6-20-11-16(15)12-23-18-5-9-24-19(10-18)13-21(14-19)17-3-7-22-8-4-17/h2,6,11,17-18H,3-5,7-10,12-14H2,1H3/t18-/m0/s1. The van der Waals surface area contributed by atoms with Gasteiger partial charge >= 0.3 is 0 Å². The summed E-state index contributed by atoms with van der Waals surface area (Å²) in [6.45, 7) is 7.52. The van der Waals surface area contributed by atoms with E-state index in [1.165, 1.54) is 11.1 Å². The van der Waals surface area contributed by atoms with Gasteiger partial charge in [0.2, 0.25) is 0 Å². The van der Waals surface area contributed by atoms with Gasteiger partial charge in [0.25, 0.3) is 0 Å². The average molecular weight is 332 g/mol. The van der Waals surface area contributed by atoms with E-state index in [-0.39, 0.29) is 5.60 Å². The molecule has 0 N–H and O–H groups in total. The zero-order valence-corrected chi connectivity index (χ0v) is 14.6. The lowest BCUT2D eigenvalue weighted by molar-refractivity contribution is -0.210. The molecule has 1 aromatic heterocycles. The van der Waals surface area contributed by atoms with Crippen LogP contribution in [0.3, 0.4) is 0 Å². The Morgan fingerprint density at radius 1 is 1.25 bits per heavy atom. The SMILES string of the molecule is Cc1ccncc1CO[C@H]1CCOC2(C1)CN(C1CCOCC1)C2. The molecule has 3 aliphatic rings. The molecule has 5 heteroatoms. The average Bonchev–Trinajstić information content (AvgIpc) is 2.60. The van der Waals surface area contributed by atoms with Gasteiger partial charge in [-0.3, -0.25) is 9.88 Å². The largest absolute Gasteiger partial charge is 0.381 e. The number of nitrogens with zero attached hydrogens (tertiary/aromatic N) is 2. The Labute approximate surface area is 144 Å². The van der Waals surface area contributed by atoms with Crippen molar-refractivity contribution in [1.29, 1.82) is 0 Å². The Morgan fingerprint density at radius 2 is 2.08 bits per heavy atom. The highest BCUT2D eigenvalue weighted by Crippen LogP contribution is 2.38. The van der Waals surface area contributed by atoms with Crippen LogP contribution in [0.25, 0.3) is 0 Å². The summed E-state index contributed by atoms with van der Waals surface area (Å²) < 4.78 is 17.8. The minimum absolute atomic E-state index is 0.0329. The Hall–Kier alpha value is -1.01. The first kappa shape index (κ1) is 16.5. The summed E-state index contributed by atoms with van der Waals surface area (Å²) in [5.41, 5.74) is 2.47. The van der Waals surface area contributed by atoms with E-state index in [1.54, 1.807) is 0 Å². The van der Waals surface area contributed by atoms with Crippen molar-refractivity contribution in [1.82, 2.24) is 9.88 Å². The second kappa shape index (κ2) is 7.08. The van der Waals surface area contributed by atoms with Crippen molar-refractivity contribution < 1.29 is 14.2 Å². The molecule has 0 saturated carbocycles. The molecular weight excluding hydrogens is 304 g/mol. The van der Waals surface area contributed by atoms with Gasteiger partial charge in [-0.25, -0.2) is 0 Å². The van der Waals surface area contributed by atoms with Crippen LogP contribution in [0.4, 0.5) is 0 Å². The maximum atomic E-state index is 6.20. The molecule has 4 heterocycles. The van der Waals surface area contributed by atoms with Gasteiger partial charge in [0.05, 0.1) is 18.3 Å². The van der Waals surface area contributed by atoms with E-state index in [4.69, 9.17) is 14.2 Å². The molecule has 0 radical (unpaired) electrons. The van der Waals surface area contributed by atoms with Crippen LogP contribution >= 0.6 is 0 Å². The Balaban J connectivity index is 1.28. The highest BCUT2D eigenvalue weighted by Gasteiger charge is 2.49. The minimum Gasteiger partial charge on any atom is -0.381 e. The third-order valence-corrected chi connectivity index (χ3v) is 5.76. The smallest absolute Gasteiger partial charge is 0.0959 e. The highest BCUT2D eigenvalue weighted by atomic mass is 16.5. The third-order valence-electron chi connectivity index (χ3n) is 5.76. The lowest BCUT2D eigenvalue weighted by Crippen LogP contribution is -2.68. The molecule has 3 aliphatic heterocycles. The van der Waals surface area contributed by atoms with Crippen molar-refractivity contribution in [2.45, 2.75) is 57.0 Å². The molecule has 0 bridgehead atoms. The van der Waals surface area contributed by atoms with Crippen molar-refractivity contribution in [2.24, 2.45) is 0 Å². The van der Waals surface area contributed by atoms with E-state index in [1.807, 2.05) is 18.5 Å². The number of ether oxygens (including phenoxy) is 3. The van der Waals surface area contributed by atoms with E-state index in [9.17, 15) is 0 Å². The fraction of sp³-hybridized carbons (Fsp3) is 0.737. The van der Waals surface area contributed by atoms with Gasteiger partial charge in [-0.2, -0.15) is 0 Å². The molecule has 3 saturated heterocycles. The van der Waals surface area contributed by atoms with Gasteiger partial charge in [0.1, 0.15) is 0 Å². The predicted molar refractivity (Wildman–Crippen MR) is 90.9 cm³/mol. The topological polar surface area (TPSA) is 43.8 Å². The Kier molecular flexibility index (Phi) is 4.86. The molecule has 0 aliphatic carbocycles. The van der Waals surface area contributed by atoms with E-state index < -0.39 is 0 Å². The maximum Gasteiger partial charge on any atom is 0.0959 e. The molecule has 0 amide bonds. The first-order valence-electron chi connectivity index (χ1n) is 9.21. The number of aryl methyl sites for hydroxylation is 1. The van der Waals surface area contributed by atoms with Gasteiger partial charge in [-0.05, 0) is 43.4 Å². The number of hydrogen-bond acceptors (Lipinski definition) is 5. The highest BCUT2D eigenvalue weighted by molar-refractivity contribution is 5.20. The van der Waals surface area contributed by atoms with E-state index in [0.717, 1.165) is 58.6 Å². The third kappa shape index (κ3) is 3.49. The molecule has 4 rings (SSSR count). The normalized spacial score (nSPS) is 28.0. The molecule has 1 aromatic rings. The first-order valence-corrected chi connectivity index (χ1v) is 9.21. The van der Waals surface area contributed by atoms with Crippen LogP contribution in [-0.2, 0) is 20.8 Å². The number of hydrogen-bond donors (Lipinski definition) is 0. The number of likely N-dealkylation sites (tertiary alicyclic amines) is 1. The lowest BCUT2D eigenvalue weighted by Gasteiger charge is -2.56. The second-order valence-electron chi connectivity index (χ2n) is 7.51. The van der Waals surface area contributed by atoms with Crippen LogP contribution in [0.2, 0.25) is 0 Å². The zero-order valence-electron chi connectivity index (χ0n) is 14.6. The lowest BCUT2D eigenvalue weighted by atomic mass is 9.82. The summed E-state index contributed by atoms with van der Waals surface area (Å²) in [4.78, 5) is 6.78. The molecular formula is C19H28N2O3.